The van der Waals surface area contributed by atoms with E-state index in [-0.39, 0.29) is 0 Å². The molecule has 32 valence electrons. The topological polar surface area (TPSA) is 52.0 Å². The average molecular weight is 80.2 g/mol. The van der Waals surface area contributed by atoms with E-state index in [0.717, 1.165) is 0 Å². The highest BCUT2D eigenvalue weighted by atomic mass is 14.7. The summed E-state index contributed by atoms with van der Waals surface area (Å²) in [4.78, 5) is 0. The van der Waals surface area contributed by atoms with Crippen LogP contribution in [0.3, 0.4) is 0 Å². The third-order valence-electron chi connectivity index (χ3n) is 0.156. The molecule has 4 N–H and O–H groups in total. The number of hydrogen-bond donors (Lipinski definition) is 2. The molecule has 0 radical (unpaired) electrons. The highest BCUT2D eigenvalue weighted by molar-refractivity contribution is 4.48. The molecular formula is C3H10N2. The first-order chi connectivity index (χ1) is 4.50. The minimum absolute atomic E-state index is 2.74. The molecule has 0 rings (SSSR count). The summed E-state index contributed by atoms with van der Waals surface area (Å²) in [6, 6.07) is -2.76. The van der Waals surface area contributed by atoms with Gasteiger partial charge in [0.15, 0.2) is 0 Å². The molecule has 0 saturated heterocycles. The highest BCUT2D eigenvalue weighted by Crippen LogP contribution is 1.59. The van der Waals surface area contributed by atoms with E-state index in [0.29, 0.717) is 0 Å². The standard InChI is InChI=1S/C3H10N2/c1-3(5)2-4/h3H,2,4-5H2,1H3/i1D3,2D2,3D. The van der Waals surface area contributed by atoms with E-state index in [1.807, 2.05) is 0 Å². The van der Waals surface area contributed by atoms with E-state index in [4.69, 9.17) is 19.7 Å². The molecule has 0 aromatic heterocycles. The van der Waals surface area contributed by atoms with Crippen LogP contribution in [-0.4, -0.2) is 12.5 Å². The van der Waals surface area contributed by atoms with E-state index < -0.39 is 19.4 Å². The van der Waals surface area contributed by atoms with Crippen molar-refractivity contribution < 1.29 is 8.22 Å². The molecular weight excluding hydrogens is 64.0 g/mol. The van der Waals surface area contributed by atoms with Crippen molar-refractivity contribution in [1.29, 1.82) is 0 Å². The molecule has 0 bridgehead atoms. The van der Waals surface area contributed by atoms with Gasteiger partial charge in [-0.1, -0.05) is 0 Å². The summed E-state index contributed by atoms with van der Waals surface area (Å²) >= 11 is 0. The predicted molar refractivity (Wildman–Crippen MR) is 22.7 cm³/mol. The lowest BCUT2D eigenvalue weighted by atomic mass is 10.4. The monoisotopic (exact) mass is 80.1 g/mol. The first-order valence-corrected chi connectivity index (χ1v) is 1.08. The van der Waals surface area contributed by atoms with Crippen LogP contribution < -0.4 is 11.5 Å². The summed E-state index contributed by atoms with van der Waals surface area (Å²) < 4.78 is 40.5. The Bertz CT molecular complexity index is 127. The van der Waals surface area contributed by atoms with Crippen LogP contribution in [0.1, 0.15) is 15.1 Å². The van der Waals surface area contributed by atoms with Crippen LogP contribution in [-0.2, 0) is 0 Å². The minimum atomic E-state index is -2.93. The van der Waals surface area contributed by atoms with Crippen LogP contribution in [0, 0.1) is 0 Å². The van der Waals surface area contributed by atoms with Crippen molar-refractivity contribution in [3.05, 3.63) is 0 Å². The molecule has 0 aromatic carbocycles. The summed E-state index contributed by atoms with van der Waals surface area (Å²) in [6.45, 7) is -5.66. The van der Waals surface area contributed by atoms with Crippen molar-refractivity contribution in [1.82, 2.24) is 0 Å². The van der Waals surface area contributed by atoms with E-state index in [2.05, 4.69) is 0 Å². The fourth-order valence-corrected chi connectivity index (χ4v) is 0. The second-order valence-corrected chi connectivity index (χ2v) is 0.558. The maximum atomic E-state index is 6.94. The Morgan fingerprint density at radius 2 is 3.20 bits per heavy atom. The van der Waals surface area contributed by atoms with Gasteiger partial charge in [-0.05, 0) is 6.85 Å². The summed E-state index contributed by atoms with van der Waals surface area (Å²) in [6.07, 6.45) is 0. The molecule has 0 aliphatic rings. The van der Waals surface area contributed by atoms with Gasteiger partial charge in [0.1, 0.15) is 0 Å². The zero-order chi connectivity index (χ0) is 9.50. The van der Waals surface area contributed by atoms with Crippen molar-refractivity contribution in [2.75, 3.05) is 6.50 Å². The fourth-order valence-electron chi connectivity index (χ4n) is 0. The quantitative estimate of drug-likeness (QED) is 0.437. The zero-order valence-electron chi connectivity index (χ0n) is 8.65. The van der Waals surface area contributed by atoms with Crippen LogP contribution in [0.2, 0.25) is 0 Å². The van der Waals surface area contributed by atoms with Gasteiger partial charge in [0, 0.05) is 20.7 Å². The molecule has 0 saturated carbocycles. The Morgan fingerprint density at radius 1 is 2.60 bits per heavy atom. The van der Waals surface area contributed by atoms with Crippen LogP contribution in [0.5, 0.6) is 0 Å². The molecule has 0 amide bonds. The first kappa shape index (κ1) is 0.768. The lowest BCUT2D eigenvalue weighted by molar-refractivity contribution is 0.752. The average Bonchev–Trinajstić information content (AvgIpc) is 1.58. The molecule has 0 aliphatic carbocycles. The Labute approximate surface area is 40.6 Å². The maximum Gasteiger partial charge on any atom is 0.0473 e. The molecule has 2 heteroatoms. The largest absolute Gasteiger partial charge is 0.329 e. The molecule has 0 heterocycles. The molecule has 0 spiro atoms. The summed E-state index contributed by atoms with van der Waals surface area (Å²) in [5.41, 5.74) is 9.64. The van der Waals surface area contributed by atoms with Gasteiger partial charge in [-0.15, -0.1) is 0 Å². The normalized spacial score (nSPS) is 44.4. The van der Waals surface area contributed by atoms with Gasteiger partial charge in [-0.25, -0.2) is 0 Å². The van der Waals surface area contributed by atoms with E-state index in [1.54, 1.807) is 0 Å². The highest BCUT2D eigenvalue weighted by Gasteiger charge is 1.79. The van der Waals surface area contributed by atoms with E-state index >= 15 is 0 Å². The van der Waals surface area contributed by atoms with Gasteiger partial charge in [0.2, 0.25) is 0 Å². The van der Waals surface area contributed by atoms with Gasteiger partial charge in [-0.3, -0.25) is 0 Å². The molecule has 2 nitrogen and oxygen atoms in total. The van der Waals surface area contributed by atoms with Crippen molar-refractivity contribution in [3.8, 4) is 0 Å². The number of rotatable bonds is 1. The molecule has 0 aliphatic heterocycles. The van der Waals surface area contributed by atoms with Crippen LogP contribution >= 0.6 is 0 Å². The second kappa shape index (κ2) is 2.18. The SMILES string of the molecule is [2H]C([2H])([2H])C([2H])(N)C([2H])([2H])N. The van der Waals surface area contributed by atoms with Crippen molar-refractivity contribution in [2.24, 2.45) is 11.5 Å². The maximum absolute atomic E-state index is 6.94. The number of nitrogens with two attached hydrogens (primary N) is 2. The predicted octanol–water partition coefficient (Wildman–Crippen LogP) is -0.708. The van der Waals surface area contributed by atoms with Gasteiger partial charge < -0.3 is 11.5 Å². The Hall–Kier alpha value is -0.0800. The molecule has 5 heavy (non-hydrogen) atoms. The Kier molecular flexibility index (Phi) is 0.334. The fraction of sp³-hybridized carbons (Fsp3) is 1.00. The van der Waals surface area contributed by atoms with E-state index in [1.165, 1.54) is 0 Å². The van der Waals surface area contributed by atoms with Gasteiger partial charge in [0.25, 0.3) is 0 Å². The summed E-state index contributed by atoms with van der Waals surface area (Å²) in [7, 11) is 0. The zero-order valence-corrected chi connectivity index (χ0v) is 2.65. The lowest BCUT2D eigenvalue weighted by Gasteiger charge is -1.92. The summed E-state index contributed by atoms with van der Waals surface area (Å²) in [5, 5.41) is 0. The third kappa shape index (κ3) is 3.92. The molecule has 1 unspecified atom stereocenters. The lowest BCUT2D eigenvalue weighted by Crippen LogP contribution is -2.25. The second-order valence-electron chi connectivity index (χ2n) is 0.558. The van der Waals surface area contributed by atoms with Crippen molar-refractivity contribution in [3.63, 3.8) is 0 Å². The molecule has 0 fully saturated rings. The molecule has 0 aromatic rings. The van der Waals surface area contributed by atoms with Crippen LogP contribution in [0.4, 0.5) is 0 Å². The van der Waals surface area contributed by atoms with Gasteiger partial charge in [-0.2, -0.15) is 0 Å². The number of hydrogen-bond acceptors (Lipinski definition) is 2. The minimum Gasteiger partial charge on any atom is -0.329 e. The summed E-state index contributed by atoms with van der Waals surface area (Å²) in [5.74, 6) is 0. The van der Waals surface area contributed by atoms with Crippen molar-refractivity contribution >= 4 is 0 Å². The Morgan fingerprint density at radius 3 is 3.20 bits per heavy atom. The van der Waals surface area contributed by atoms with Crippen LogP contribution in [0.15, 0.2) is 0 Å². The first-order valence-electron chi connectivity index (χ1n) is 4.08. The molecule has 1 atom stereocenters. The van der Waals surface area contributed by atoms with Gasteiger partial charge in [0.05, 0.1) is 0 Å². The third-order valence-corrected chi connectivity index (χ3v) is 0.156. The van der Waals surface area contributed by atoms with Crippen LogP contribution in [0.25, 0.3) is 0 Å². The Balaban J connectivity index is 4.75. The van der Waals surface area contributed by atoms with E-state index in [9.17, 15) is 0 Å². The van der Waals surface area contributed by atoms with Crippen molar-refractivity contribution in [2.45, 2.75) is 12.9 Å². The smallest absolute Gasteiger partial charge is 0.0473 e. The van der Waals surface area contributed by atoms with Gasteiger partial charge >= 0.3 is 0 Å².